The first-order valence-corrected chi connectivity index (χ1v) is 9.50. The van der Waals surface area contributed by atoms with Gasteiger partial charge in [0.15, 0.2) is 0 Å². The number of aromatic nitrogens is 2. The summed E-state index contributed by atoms with van der Waals surface area (Å²) in [4.78, 5) is 17.1. The van der Waals surface area contributed by atoms with Gasteiger partial charge in [-0.1, -0.05) is 37.3 Å². The molecule has 0 unspecified atom stereocenters. The maximum atomic E-state index is 4.94. The molecular weight excluding hydrogens is 310 g/mol. The van der Waals surface area contributed by atoms with Crippen LogP contribution in [0.2, 0.25) is 0 Å². The van der Waals surface area contributed by atoms with E-state index in [0.29, 0.717) is 0 Å². The summed E-state index contributed by atoms with van der Waals surface area (Å²) in [7, 11) is 0. The van der Waals surface area contributed by atoms with Gasteiger partial charge in [-0.3, -0.25) is 0 Å². The van der Waals surface area contributed by atoms with Crippen molar-refractivity contribution in [2.45, 2.75) is 19.8 Å². The molecule has 2 saturated heterocycles. The van der Waals surface area contributed by atoms with Gasteiger partial charge in [0, 0.05) is 50.9 Å². The number of piperazine rings is 1. The molecule has 2 fully saturated rings. The summed E-state index contributed by atoms with van der Waals surface area (Å²) in [6, 6.07) is 12.6. The summed E-state index contributed by atoms with van der Waals surface area (Å²) in [5.41, 5.74) is 2.20. The number of benzene rings is 1. The molecule has 25 heavy (non-hydrogen) atoms. The number of hydrogen-bond acceptors (Lipinski definition) is 5. The molecule has 0 atom stereocenters. The Morgan fingerprint density at radius 3 is 2.24 bits per heavy atom. The molecule has 0 bridgehead atoms. The van der Waals surface area contributed by atoms with Gasteiger partial charge in [-0.15, -0.1) is 0 Å². The molecule has 2 aliphatic heterocycles. The van der Waals surface area contributed by atoms with E-state index in [4.69, 9.17) is 9.97 Å². The molecule has 0 amide bonds. The summed E-state index contributed by atoms with van der Waals surface area (Å²) < 4.78 is 0. The topological polar surface area (TPSA) is 35.5 Å². The highest BCUT2D eigenvalue weighted by Gasteiger charge is 2.21. The maximum Gasteiger partial charge on any atom is 0.227 e. The number of anilines is 2. The summed E-state index contributed by atoms with van der Waals surface area (Å²) in [6.07, 6.45) is 2.52. The van der Waals surface area contributed by atoms with Gasteiger partial charge in [-0.25, -0.2) is 4.98 Å². The van der Waals surface area contributed by atoms with E-state index in [0.717, 1.165) is 63.3 Å². The molecule has 1 aromatic heterocycles. The van der Waals surface area contributed by atoms with E-state index in [1.54, 1.807) is 0 Å². The Balaban J connectivity index is 1.66. The Morgan fingerprint density at radius 2 is 1.56 bits per heavy atom. The number of likely N-dealkylation sites (N-methyl/N-ethyl adjacent to an activating group) is 1. The van der Waals surface area contributed by atoms with E-state index < -0.39 is 0 Å². The van der Waals surface area contributed by atoms with Crippen LogP contribution < -0.4 is 9.80 Å². The number of rotatable bonds is 4. The van der Waals surface area contributed by atoms with Crippen LogP contribution in [0, 0.1) is 0 Å². The molecule has 0 N–H and O–H groups in total. The average molecular weight is 337 g/mol. The molecule has 2 aliphatic rings. The van der Waals surface area contributed by atoms with Crippen LogP contribution >= 0.6 is 0 Å². The molecule has 1 aromatic carbocycles. The van der Waals surface area contributed by atoms with Crippen molar-refractivity contribution < 1.29 is 0 Å². The fraction of sp³-hybridized carbons (Fsp3) is 0.500. The SMILES string of the molecule is CCN1CCN(c2nc(-c3ccccc3)cc(N3CCCC3)n2)CC1. The van der Waals surface area contributed by atoms with Gasteiger partial charge in [-0.05, 0) is 19.4 Å². The van der Waals surface area contributed by atoms with Crippen LogP contribution in [-0.2, 0) is 0 Å². The largest absolute Gasteiger partial charge is 0.356 e. The lowest BCUT2D eigenvalue weighted by Crippen LogP contribution is -2.46. The molecule has 0 saturated carbocycles. The Morgan fingerprint density at radius 1 is 0.840 bits per heavy atom. The summed E-state index contributed by atoms with van der Waals surface area (Å²) in [5, 5.41) is 0. The molecule has 5 nitrogen and oxygen atoms in total. The lowest BCUT2D eigenvalue weighted by Gasteiger charge is -2.34. The Labute approximate surface area is 150 Å². The number of hydrogen-bond donors (Lipinski definition) is 0. The minimum Gasteiger partial charge on any atom is -0.356 e. The van der Waals surface area contributed by atoms with Gasteiger partial charge in [0.1, 0.15) is 5.82 Å². The predicted octanol–water partition coefficient (Wildman–Crippen LogP) is 2.89. The second-order valence-corrected chi connectivity index (χ2v) is 6.89. The third-order valence-corrected chi connectivity index (χ3v) is 5.30. The second-order valence-electron chi connectivity index (χ2n) is 6.89. The van der Waals surface area contributed by atoms with Crippen molar-refractivity contribution in [3.05, 3.63) is 36.4 Å². The van der Waals surface area contributed by atoms with Crippen molar-refractivity contribution in [1.29, 1.82) is 0 Å². The normalized spacial score (nSPS) is 18.8. The van der Waals surface area contributed by atoms with Crippen LogP contribution in [-0.4, -0.2) is 60.7 Å². The fourth-order valence-corrected chi connectivity index (χ4v) is 3.69. The molecule has 0 aliphatic carbocycles. The summed E-state index contributed by atoms with van der Waals surface area (Å²) in [6.45, 7) is 9.76. The molecule has 0 radical (unpaired) electrons. The van der Waals surface area contributed by atoms with E-state index in [1.165, 1.54) is 18.4 Å². The smallest absolute Gasteiger partial charge is 0.227 e. The summed E-state index contributed by atoms with van der Waals surface area (Å²) >= 11 is 0. The second kappa shape index (κ2) is 7.40. The summed E-state index contributed by atoms with van der Waals surface area (Å²) in [5.74, 6) is 1.97. The van der Waals surface area contributed by atoms with E-state index in [2.05, 4.69) is 58.0 Å². The van der Waals surface area contributed by atoms with Gasteiger partial charge in [0.2, 0.25) is 5.95 Å². The third kappa shape index (κ3) is 3.61. The first kappa shape index (κ1) is 16.3. The van der Waals surface area contributed by atoms with Crippen molar-refractivity contribution in [2.75, 3.05) is 55.6 Å². The van der Waals surface area contributed by atoms with Crippen molar-refractivity contribution >= 4 is 11.8 Å². The Hall–Kier alpha value is -2.14. The first-order chi connectivity index (χ1) is 12.3. The minimum atomic E-state index is 0.888. The first-order valence-electron chi connectivity index (χ1n) is 9.50. The van der Waals surface area contributed by atoms with Crippen molar-refractivity contribution in [3.63, 3.8) is 0 Å². The standard InChI is InChI=1S/C20H27N5/c1-2-23-12-14-25(15-13-23)20-21-18(17-8-4-3-5-9-17)16-19(22-20)24-10-6-7-11-24/h3-5,8-9,16H,2,6-7,10-15H2,1H3. The molecule has 5 heteroatoms. The van der Waals surface area contributed by atoms with Gasteiger partial charge in [0.25, 0.3) is 0 Å². The minimum absolute atomic E-state index is 0.888. The van der Waals surface area contributed by atoms with Crippen molar-refractivity contribution in [3.8, 4) is 11.3 Å². The van der Waals surface area contributed by atoms with Crippen LogP contribution in [0.3, 0.4) is 0 Å². The van der Waals surface area contributed by atoms with E-state index >= 15 is 0 Å². The molecule has 132 valence electrons. The van der Waals surface area contributed by atoms with Crippen LogP contribution in [0.15, 0.2) is 36.4 Å². The lowest BCUT2D eigenvalue weighted by molar-refractivity contribution is 0.270. The van der Waals surface area contributed by atoms with Crippen molar-refractivity contribution in [2.24, 2.45) is 0 Å². The zero-order valence-corrected chi connectivity index (χ0v) is 15.1. The van der Waals surface area contributed by atoms with Crippen molar-refractivity contribution in [1.82, 2.24) is 14.9 Å². The monoisotopic (exact) mass is 337 g/mol. The van der Waals surface area contributed by atoms with E-state index in [-0.39, 0.29) is 0 Å². The van der Waals surface area contributed by atoms with Gasteiger partial charge < -0.3 is 14.7 Å². The lowest BCUT2D eigenvalue weighted by atomic mass is 10.1. The van der Waals surface area contributed by atoms with Gasteiger partial charge in [0.05, 0.1) is 5.69 Å². The highest BCUT2D eigenvalue weighted by Crippen LogP contribution is 2.27. The molecule has 3 heterocycles. The fourth-order valence-electron chi connectivity index (χ4n) is 3.69. The molecule has 2 aromatic rings. The van der Waals surface area contributed by atoms with Crippen LogP contribution in [0.5, 0.6) is 0 Å². The Kier molecular flexibility index (Phi) is 4.83. The molecular formula is C20H27N5. The highest BCUT2D eigenvalue weighted by atomic mass is 15.3. The van der Waals surface area contributed by atoms with E-state index in [9.17, 15) is 0 Å². The zero-order chi connectivity index (χ0) is 17.1. The average Bonchev–Trinajstić information content (AvgIpc) is 3.23. The van der Waals surface area contributed by atoms with Crippen LogP contribution in [0.4, 0.5) is 11.8 Å². The number of nitrogens with zero attached hydrogens (tertiary/aromatic N) is 5. The zero-order valence-electron chi connectivity index (χ0n) is 15.1. The van der Waals surface area contributed by atoms with Crippen LogP contribution in [0.25, 0.3) is 11.3 Å². The van der Waals surface area contributed by atoms with Crippen LogP contribution in [0.1, 0.15) is 19.8 Å². The third-order valence-electron chi connectivity index (χ3n) is 5.30. The maximum absolute atomic E-state index is 4.94. The molecule has 0 spiro atoms. The Bertz CT molecular complexity index is 688. The van der Waals surface area contributed by atoms with E-state index in [1.807, 2.05) is 0 Å². The molecule has 4 rings (SSSR count). The quantitative estimate of drug-likeness (QED) is 0.857. The predicted molar refractivity (Wildman–Crippen MR) is 103 cm³/mol. The van der Waals surface area contributed by atoms with Gasteiger partial charge in [-0.2, -0.15) is 4.98 Å². The highest BCUT2D eigenvalue weighted by molar-refractivity contribution is 5.65. The van der Waals surface area contributed by atoms with Gasteiger partial charge >= 0.3 is 0 Å².